The van der Waals surface area contributed by atoms with Crippen molar-refractivity contribution in [2.75, 3.05) is 13.2 Å². The van der Waals surface area contributed by atoms with Gasteiger partial charge < -0.3 is 16.2 Å². The Labute approximate surface area is 124 Å². The number of amides is 1. The number of carbonyl (C=O) groups is 1. The summed E-state index contributed by atoms with van der Waals surface area (Å²) >= 11 is 1.60. The van der Waals surface area contributed by atoms with Crippen molar-refractivity contribution in [1.82, 2.24) is 10.3 Å². The third kappa shape index (κ3) is 6.45. The van der Waals surface area contributed by atoms with Crippen molar-refractivity contribution in [3.05, 3.63) is 16.1 Å². The zero-order valence-electron chi connectivity index (χ0n) is 12.3. The van der Waals surface area contributed by atoms with Gasteiger partial charge in [0.05, 0.1) is 29.3 Å². The Hall–Kier alpha value is -0.980. The van der Waals surface area contributed by atoms with Gasteiger partial charge in [0.2, 0.25) is 5.91 Å². The van der Waals surface area contributed by atoms with Gasteiger partial charge in [0, 0.05) is 5.38 Å². The Morgan fingerprint density at radius 3 is 2.85 bits per heavy atom. The fraction of sp³-hybridized carbons (Fsp3) is 0.714. The first-order chi connectivity index (χ1) is 9.46. The van der Waals surface area contributed by atoms with Crippen LogP contribution in [0.15, 0.2) is 5.38 Å². The van der Waals surface area contributed by atoms with Crippen LogP contribution in [0.5, 0.6) is 0 Å². The first kappa shape index (κ1) is 17.1. The molecule has 0 spiro atoms. The van der Waals surface area contributed by atoms with Crippen molar-refractivity contribution in [2.24, 2.45) is 5.73 Å². The number of nitrogens with zero attached hydrogens (tertiary/aromatic N) is 1. The quantitative estimate of drug-likeness (QED) is 0.599. The van der Waals surface area contributed by atoms with Crippen LogP contribution in [0, 0.1) is 0 Å². The Balaban J connectivity index is 2.38. The molecule has 1 amide bonds. The van der Waals surface area contributed by atoms with E-state index in [1.807, 2.05) is 5.38 Å². The first-order valence-electron chi connectivity index (χ1n) is 7.02. The minimum absolute atomic E-state index is 0.0812. The zero-order valence-corrected chi connectivity index (χ0v) is 13.1. The molecule has 4 N–H and O–H groups in total. The number of carbonyl (C=O) groups excluding carboxylic acids is 1. The lowest BCUT2D eigenvalue weighted by Crippen LogP contribution is -2.46. The van der Waals surface area contributed by atoms with Gasteiger partial charge in [0.1, 0.15) is 0 Å². The molecule has 1 rings (SSSR count). The third-order valence-corrected chi connectivity index (χ3v) is 3.87. The number of aliphatic hydroxyl groups is 1. The first-order valence-corrected chi connectivity index (χ1v) is 7.90. The number of unbranched alkanes of at least 4 members (excludes halogenated alkanes) is 2. The van der Waals surface area contributed by atoms with Gasteiger partial charge in [-0.1, -0.05) is 6.42 Å². The maximum Gasteiger partial charge on any atom is 0.226 e. The van der Waals surface area contributed by atoms with Gasteiger partial charge in [-0.2, -0.15) is 0 Å². The highest BCUT2D eigenvalue weighted by Gasteiger charge is 2.19. The van der Waals surface area contributed by atoms with Crippen molar-refractivity contribution in [3.63, 3.8) is 0 Å². The van der Waals surface area contributed by atoms with E-state index in [1.54, 1.807) is 25.2 Å². The molecule has 6 heteroatoms. The summed E-state index contributed by atoms with van der Waals surface area (Å²) in [5.41, 5.74) is 5.67. The Kier molecular flexibility index (Phi) is 7.12. The number of aryl methyl sites for hydroxylation is 1. The van der Waals surface area contributed by atoms with Crippen molar-refractivity contribution in [1.29, 1.82) is 0 Å². The van der Waals surface area contributed by atoms with Gasteiger partial charge in [-0.25, -0.2) is 4.98 Å². The summed E-state index contributed by atoms with van der Waals surface area (Å²) in [7, 11) is 0. The molecular weight excluding hydrogens is 274 g/mol. The topological polar surface area (TPSA) is 88.2 Å². The zero-order chi connectivity index (χ0) is 15.0. The van der Waals surface area contributed by atoms with Crippen LogP contribution in [0.4, 0.5) is 0 Å². The predicted molar refractivity (Wildman–Crippen MR) is 81.7 cm³/mol. The van der Waals surface area contributed by atoms with Crippen LogP contribution in [0.1, 0.15) is 43.8 Å². The molecule has 0 aliphatic rings. The molecule has 1 heterocycles. The maximum absolute atomic E-state index is 11.8. The average Bonchev–Trinajstić information content (AvgIpc) is 2.81. The maximum atomic E-state index is 11.8. The number of hydrogen-bond donors (Lipinski definition) is 3. The van der Waals surface area contributed by atoms with E-state index in [0.29, 0.717) is 0 Å². The van der Waals surface area contributed by atoms with Gasteiger partial charge in [-0.3, -0.25) is 4.79 Å². The van der Waals surface area contributed by atoms with E-state index in [1.165, 1.54) is 0 Å². The van der Waals surface area contributed by atoms with Crippen molar-refractivity contribution in [3.8, 4) is 0 Å². The summed E-state index contributed by atoms with van der Waals surface area (Å²) in [6.07, 6.45) is 4.48. The number of nitrogens with two attached hydrogens (primary N) is 1. The van der Waals surface area contributed by atoms with E-state index in [-0.39, 0.29) is 18.9 Å². The molecule has 0 unspecified atom stereocenters. The van der Waals surface area contributed by atoms with Crippen LogP contribution in [0.2, 0.25) is 0 Å². The fourth-order valence-electron chi connectivity index (χ4n) is 1.77. The molecule has 1 aromatic heterocycles. The largest absolute Gasteiger partial charge is 0.394 e. The minimum atomic E-state index is -0.585. The summed E-state index contributed by atoms with van der Waals surface area (Å²) in [5.74, 6) is -0.107. The molecule has 5 nitrogen and oxygen atoms in total. The lowest BCUT2D eigenvalue weighted by atomic mass is 10.1. The minimum Gasteiger partial charge on any atom is -0.394 e. The Bertz CT molecular complexity index is 418. The second kappa shape index (κ2) is 8.34. The summed E-state index contributed by atoms with van der Waals surface area (Å²) in [6, 6.07) is 0. The second-order valence-electron chi connectivity index (χ2n) is 5.60. The van der Waals surface area contributed by atoms with Crippen LogP contribution in [-0.4, -0.2) is 34.7 Å². The van der Waals surface area contributed by atoms with Gasteiger partial charge in [-0.15, -0.1) is 11.3 Å². The smallest absolute Gasteiger partial charge is 0.226 e. The van der Waals surface area contributed by atoms with Gasteiger partial charge in [0.15, 0.2) is 0 Å². The number of aliphatic hydroxyl groups excluding tert-OH is 1. The second-order valence-corrected chi connectivity index (χ2v) is 6.54. The van der Waals surface area contributed by atoms with Crippen molar-refractivity contribution >= 4 is 17.2 Å². The van der Waals surface area contributed by atoms with E-state index in [4.69, 9.17) is 10.8 Å². The summed E-state index contributed by atoms with van der Waals surface area (Å²) in [4.78, 5) is 16.3. The van der Waals surface area contributed by atoms with Crippen LogP contribution >= 0.6 is 11.3 Å². The molecule has 114 valence electrons. The van der Waals surface area contributed by atoms with Crippen molar-refractivity contribution in [2.45, 2.75) is 51.5 Å². The number of nitrogens with one attached hydrogen (secondary N) is 1. The Morgan fingerprint density at radius 1 is 1.45 bits per heavy atom. The normalized spacial score (nSPS) is 11.6. The Morgan fingerprint density at radius 2 is 2.20 bits per heavy atom. The van der Waals surface area contributed by atoms with Gasteiger partial charge in [0.25, 0.3) is 0 Å². The number of aromatic nitrogens is 1. The van der Waals surface area contributed by atoms with E-state index in [0.717, 1.165) is 42.9 Å². The number of hydrogen-bond acceptors (Lipinski definition) is 5. The highest BCUT2D eigenvalue weighted by molar-refractivity contribution is 7.09. The van der Waals surface area contributed by atoms with Crippen LogP contribution in [0.3, 0.4) is 0 Å². The monoisotopic (exact) mass is 299 g/mol. The predicted octanol–water partition coefficient (Wildman–Crippen LogP) is 1.24. The molecular formula is C14H25N3O2S. The molecule has 20 heavy (non-hydrogen) atoms. The molecule has 0 radical (unpaired) electrons. The number of rotatable bonds is 9. The highest BCUT2D eigenvalue weighted by atomic mass is 32.1. The summed E-state index contributed by atoms with van der Waals surface area (Å²) < 4.78 is 0. The molecule has 0 saturated heterocycles. The van der Waals surface area contributed by atoms with E-state index in [2.05, 4.69) is 10.3 Å². The van der Waals surface area contributed by atoms with Crippen LogP contribution < -0.4 is 11.1 Å². The molecule has 0 fully saturated rings. The van der Waals surface area contributed by atoms with E-state index in [9.17, 15) is 4.79 Å². The molecule has 0 saturated carbocycles. The summed E-state index contributed by atoms with van der Waals surface area (Å²) in [6.45, 7) is 4.23. The molecule has 0 aliphatic heterocycles. The molecule has 0 aromatic carbocycles. The van der Waals surface area contributed by atoms with Gasteiger partial charge in [-0.05, 0) is 39.7 Å². The standard InChI is InChI=1S/C14H25N3O2S/c1-14(2,10-18)17-12(19)8-11-9-20-13(16-11)6-4-3-5-7-15/h9,18H,3-8,10,15H2,1-2H3,(H,17,19). The molecule has 0 bridgehead atoms. The fourth-order valence-corrected chi connectivity index (χ4v) is 2.61. The highest BCUT2D eigenvalue weighted by Crippen LogP contribution is 2.14. The van der Waals surface area contributed by atoms with Gasteiger partial charge >= 0.3 is 0 Å². The lowest BCUT2D eigenvalue weighted by Gasteiger charge is -2.23. The van der Waals surface area contributed by atoms with Crippen LogP contribution in [0.25, 0.3) is 0 Å². The lowest BCUT2D eigenvalue weighted by molar-refractivity contribution is -0.122. The molecule has 0 aliphatic carbocycles. The average molecular weight is 299 g/mol. The van der Waals surface area contributed by atoms with E-state index < -0.39 is 5.54 Å². The van der Waals surface area contributed by atoms with E-state index >= 15 is 0 Å². The SMILES string of the molecule is CC(C)(CO)NC(=O)Cc1csc(CCCCCN)n1. The van der Waals surface area contributed by atoms with Crippen molar-refractivity contribution < 1.29 is 9.90 Å². The third-order valence-electron chi connectivity index (χ3n) is 2.91. The molecule has 0 atom stereocenters. The van der Waals surface area contributed by atoms with Crippen LogP contribution in [-0.2, 0) is 17.6 Å². The molecule has 1 aromatic rings. The number of thiazole rings is 1. The summed E-state index contributed by atoms with van der Waals surface area (Å²) in [5, 5.41) is 14.9.